The number of hydrogen-bond acceptors (Lipinski definition) is 3. The normalized spacial score (nSPS) is 15.0. The molecular formula is C23H24FN3O2. The van der Waals surface area contributed by atoms with Gasteiger partial charge >= 0.3 is 0 Å². The summed E-state index contributed by atoms with van der Waals surface area (Å²) >= 11 is 0. The number of halogens is 1. The van der Waals surface area contributed by atoms with Crippen LogP contribution in [0.15, 0.2) is 48.5 Å². The summed E-state index contributed by atoms with van der Waals surface area (Å²) in [6.07, 6.45) is 3.04. The molecule has 4 rings (SSSR count). The van der Waals surface area contributed by atoms with Gasteiger partial charge < -0.3 is 15.6 Å². The van der Waals surface area contributed by atoms with Crippen LogP contribution in [0, 0.1) is 5.92 Å². The summed E-state index contributed by atoms with van der Waals surface area (Å²) < 4.78 is 13.3. The summed E-state index contributed by atoms with van der Waals surface area (Å²) in [6, 6.07) is 15.3. The maximum atomic E-state index is 13.3. The molecule has 5 nitrogen and oxygen atoms in total. The first-order chi connectivity index (χ1) is 14.1. The lowest BCUT2D eigenvalue weighted by molar-refractivity contribution is 0.0959. The van der Waals surface area contributed by atoms with Crippen molar-refractivity contribution >= 4 is 28.4 Å². The molecule has 6 heteroatoms. The number of H-pyrrole nitrogens is 1. The molecule has 0 unspecified atom stereocenters. The second kappa shape index (κ2) is 8.07. The van der Waals surface area contributed by atoms with E-state index in [0.717, 1.165) is 32.4 Å². The molecule has 0 radical (unpaired) electrons. The standard InChI is InChI=1S/C23H24FN3O2/c24-14-20(28)21-18-7-6-17(22(25)29)13-19(18)26-23(21)27-10-8-16(9-11-27)12-15-4-2-1-3-5-15/h1-7,13,16,26H,8-12,14H2,(H2,25,29). The van der Waals surface area contributed by atoms with Crippen molar-refractivity contribution in [3.8, 4) is 0 Å². The van der Waals surface area contributed by atoms with Crippen LogP contribution in [0.1, 0.15) is 39.1 Å². The first-order valence-electron chi connectivity index (χ1n) is 9.90. The van der Waals surface area contributed by atoms with Crippen molar-refractivity contribution in [1.29, 1.82) is 0 Å². The maximum absolute atomic E-state index is 13.3. The van der Waals surface area contributed by atoms with E-state index in [2.05, 4.69) is 34.1 Å². The van der Waals surface area contributed by atoms with Gasteiger partial charge in [-0.1, -0.05) is 36.4 Å². The van der Waals surface area contributed by atoms with Gasteiger partial charge in [-0.15, -0.1) is 0 Å². The number of rotatable bonds is 6. The molecule has 3 aromatic rings. The van der Waals surface area contributed by atoms with Gasteiger partial charge in [0.05, 0.1) is 5.56 Å². The summed E-state index contributed by atoms with van der Waals surface area (Å²) in [5, 5.41) is 0.624. The zero-order chi connectivity index (χ0) is 20.4. The monoisotopic (exact) mass is 393 g/mol. The average molecular weight is 393 g/mol. The number of nitrogens with one attached hydrogen (secondary N) is 1. The van der Waals surface area contributed by atoms with Crippen molar-refractivity contribution in [2.75, 3.05) is 24.7 Å². The van der Waals surface area contributed by atoms with Crippen LogP contribution in [0.4, 0.5) is 10.2 Å². The number of primary amides is 1. The Morgan fingerprint density at radius 1 is 1.10 bits per heavy atom. The number of aromatic nitrogens is 1. The van der Waals surface area contributed by atoms with E-state index < -0.39 is 18.4 Å². The van der Waals surface area contributed by atoms with Gasteiger partial charge in [0.25, 0.3) is 0 Å². The number of hydrogen-bond donors (Lipinski definition) is 2. The number of nitrogens with two attached hydrogens (primary N) is 1. The van der Waals surface area contributed by atoms with Crippen molar-refractivity contribution in [1.82, 2.24) is 4.98 Å². The van der Waals surface area contributed by atoms with E-state index in [1.165, 1.54) is 5.56 Å². The van der Waals surface area contributed by atoms with E-state index in [9.17, 15) is 14.0 Å². The topological polar surface area (TPSA) is 79.2 Å². The first-order valence-corrected chi connectivity index (χ1v) is 9.90. The highest BCUT2D eigenvalue weighted by Crippen LogP contribution is 2.33. The minimum absolute atomic E-state index is 0.353. The zero-order valence-corrected chi connectivity index (χ0v) is 16.2. The molecule has 1 amide bonds. The summed E-state index contributed by atoms with van der Waals surface area (Å²) in [4.78, 5) is 29.2. The van der Waals surface area contributed by atoms with Crippen LogP contribution in [0.3, 0.4) is 0 Å². The molecular weight excluding hydrogens is 369 g/mol. The fourth-order valence-corrected chi connectivity index (χ4v) is 4.23. The Bertz CT molecular complexity index is 1040. The number of piperidine rings is 1. The SMILES string of the molecule is NC(=O)c1ccc2c(C(=O)CF)c(N3CCC(Cc4ccccc4)CC3)[nH]c2c1. The molecule has 0 bridgehead atoms. The number of fused-ring (bicyclic) bond motifs is 1. The van der Waals surface area contributed by atoms with E-state index >= 15 is 0 Å². The fourth-order valence-electron chi connectivity index (χ4n) is 4.23. The van der Waals surface area contributed by atoms with Crippen LogP contribution in [0.5, 0.6) is 0 Å². The zero-order valence-electron chi connectivity index (χ0n) is 16.2. The number of carbonyl (C=O) groups excluding carboxylic acids is 2. The van der Waals surface area contributed by atoms with Gasteiger partial charge in [-0.2, -0.15) is 0 Å². The highest BCUT2D eigenvalue weighted by atomic mass is 19.1. The van der Waals surface area contributed by atoms with Crippen LogP contribution in [0.25, 0.3) is 10.9 Å². The molecule has 0 saturated carbocycles. The van der Waals surface area contributed by atoms with Crippen molar-refractivity contribution < 1.29 is 14.0 Å². The molecule has 0 aliphatic carbocycles. The smallest absolute Gasteiger partial charge is 0.248 e. The Morgan fingerprint density at radius 2 is 1.83 bits per heavy atom. The third-order valence-corrected chi connectivity index (χ3v) is 5.76. The second-order valence-electron chi connectivity index (χ2n) is 7.65. The van der Waals surface area contributed by atoms with Crippen LogP contribution >= 0.6 is 0 Å². The molecule has 1 saturated heterocycles. The van der Waals surface area contributed by atoms with E-state index in [4.69, 9.17) is 5.73 Å². The Morgan fingerprint density at radius 3 is 2.48 bits per heavy atom. The van der Waals surface area contributed by atoms with Gasteiger partial charge in [0.15, 0.2) is 12.5 Å². The molecule has 29 heavy (non-hydrogen) atoms. The number of ketones is 1. The Balaban J connectivity index is 1.58. The Kier molecular flexibility index (Phi) is 5.34. The first kappa shape index (κ1) is 19.2. The summed E-state index contributed by atoms with van der Waals surface area (Å²) in [6.45, 7) is 0.529. The van der Waals surface area contributed by atoms with Gasteiger partial charge in [-0.3, -0.25) is 9.59 Å². The molecule has 3 N–H and O–H groups in total. The molecule has 1 fully saturated rings. The van der Waals surface area contributed by atoms with Crippen molar-refractivity contribution in [2.45, 2.75) is 19.3 Å². The highest BCUT2D eigenvalue weighted by molar-refractivity contribution is 6.14. The van der Waals surface area contributed by atoms with Crippen LogP contribution in [-0.4, -0.2) is 36.4 Å². The van der Waals surface area contributed by atoms with Crippen LogP contribution in [0.2, 0.25) is 0 Å². The molecule has 0 spiro atoms. The number of amides is 1. The lowest BCUT2D eigenvalue weighted by Crippen LogP contribution is -2.35. The lowest BCUT2D eigenvalue weighted by Gasteiger charge is -2.33. The van der Waals surface area contributed by atoms with E-state index in [-0.39, 0.29) is 0 Å². The molecule has 0 atom stereocenters. The van der Waals surface area contributed by atoms with Crippen LogP contribution in [-0.2, 0) is 6.42 Å². The van der Waals surface area contributed by atoms with Gasteiger partial charge in [-0.05, 0) is 42.9 Å². The molecule has 2 heterocycles. The van der Waals surface area contributed by atoms with Gasteiger partial charge in [-0.25, -0.2) is 4.39 Å². The van der Waals surface area contributed by atoms with E-state index in [1.807, 2.05) is 6.07 Å². The molecule has 150 valence electrons. The quantitative estimate of drug-likeness (QED) is 0.624. The molecule has 2 aromatic carbocycles. The number of nitrogens with zero attached hydrogens (tertiary/aromatic N) is 1. The van der Waals surface area contributed by atoms with E-state index in [1.54, 1.807) is 18.2 Å². The number of anilines is 1. The fraction of sp³-hybridized carbons (Fsp3) is 0.304. The number of benzene rings is 2. The van der Waals surface area contributed by atoms with Crippen LogP contribution < -0.4 is 10.6 Å². The molecule has 1 aliphatic rings. The maximum Gasteiger partial charge on any atom is 0.248 e. The summed E-state index contributed by atoms with van der Waals surface area (Å²) in [5.41, 5.74) is 8.04. The lowest BCUT2D eigenvalue weighted by atomic mass is 9.90. The minimum atomic E-state index is -1.05. The number of carbonyl (C=O) groups is 2. The Labute approximate surface area is 168 Å². The van der Waals surface area contributed by atoms with E-state index in [0.29, 0.717) is 33.8 Å². The minimum Gasteiger partial charge on any atom is -0.366 e. The summed E-state index contributed by atoms with van der Waals surface area (Å²) in [5.74, 6) is 0.134. The molecule has 1 aliphatic heterocycles. The predicted molar refractivity (Wildman–Crippen MR) is 112 cm³/mol. The number of Topliss-reactive ketones (excluding diaryl/α,β-unsaturated/α-hetero) is 1. The van der Waals surface area contributed by atoms with Gasteiger partial charge in [0.2, 0.25) is 5.91 Å². The predicted octanol–water partition coefficient (Wildman–Crippen LogP) is 3.88. The highest BCUT2D eigenvalue weighted by Gasteiger charge is 2.26. The summed E-state index contributed by atoms with van der Waals surface area (Å²) in [7, 11) is 0. The number of aromatic amines is 1. The van der Waals surface area contributed by atoms with Crippen molar-refractivity contribution in [3.63, 3.8) is 0 Å². The third-order valence-electron chi connectivity index (χ3n) is 5.76. The number of alkyl halides is 1. The third kappa shape index (κ3) is 3.88. The van der Waals surface area contributed by atoms with Gasteiger partial charge in [0.1, 0.15) is 5.82 Å². The van der Waals surface area contributed by atoms with Crippen molar-refractivity contribution in [3.05, 3.63) is 65.2 Å². The largest absolute Gasteiger partial charge is 0.366 e. The second-order valence-corrected chi connectivity index (χ2v) is 7.65. The van der Waals surface area contributed by atoms with Crippen molar-refractivity contribution in [2.24, 2.45) is 11.7 Å². The average Bonchev–Trinajstić information content (AvgIpc) is 3.13. The Hall–Kier alpha value is -3.15. The molecule has 1 aromatic heterocycles. The van der Waals surface area contributed by atoms with Gasteiger partial charge in [0, 0.05) is 29.6 Å².